The van der Waals surface area contributed by atoms with Crippen molar-refractivity contribution in [1.82, 2.24) is 19.5 Å². The number of anilines is 3. The van der Waals surface area contributed by atoms with E-state index in [-0.39, 0.29) is 0 Å². The summed E-state index contributed by atoms with van der Waals surface area (Å²) in [7, 11) is 0. The minimum atomic E-state index is 0.729. The fourth-order valence-electron chi connectivity index (χ4n) is 6.74. The van der Waals surface area contributed by atoms with Gasteiger partial charge in [-0.1, -0.05) is 103 Å². The lowest BCUT2D eigenvalue weighted by atomic mass is 10.0. The first kappa shape index (κ1) is 29.3. The molecule has 0 saturated carbocycles. The number of hydrogen-bond acceptors (Lipinski definition) is 4. The molecule has 0 unspecified atom stereocenters. The van der Waals surface area contributed by atoms with Crippen LogP contribution in [-0.4, -0.2) is 19.5 Å². The molecule has 236 valence electrons. The van der Waals surface area contributed by atoms with Crippen molar-refractivity contribution in [2.24, 2.45) is 0 Å². The summed E-state index contributed by atoms with van der Waals surface area (Å²) in [5, 5.41) is 2.27. The van der Waals surface area contributed by atoms with E-state index in [2.05, 4.69) is 158 Å². The molecule has 0 aliphatic heterocycles. The van der Waals surface area contributed by atoms with Gasteiger partial charge < -0.3 is 9.47 Å². The van der Waals surface area contributed by atoms with Crippen LogP contribution in [0.1, 0.15) is 0 Å². The highest BCUT2D eigenvalue weighted by Gasteiger charge is 2.17. The molecule has 3 heterocycles. The van der Waals surface area contributed by atoms with Gasteiger partial charge in [-0.25, -0.2) is 9.97 Å². The van der Waals surface area contributed by atoms with Gasteiger partial charge in [-0.15, -0.1) is 0 Å². The first-order valence-corrected chi connectivity index (χ1v) is 16.7. The summed E-state index contributed by atoms with van der Waals surface area (Å²) < 4.78 is 2.33. The molecule has 0 atom stereocenters. The van der Waals surface area contributed by atoms with E-state index in [1.807, 2.05) is 55.1 Å². The van der Waals surface area contributed by atoms with E-state index < -0.39 is 0 Å². The number of hydrogen-bond donors (Lipinski definition) is 0. The van der Waals surface area contributed by atoms with Gasteiger partial charge in [-0.05, 0) is 77.4 Å². The van der Waals surface area contributed by atoms with E-state index in [4.69, 9.17) is 0 Å². The Balaban J connectivity index is 1.04. The van der Waals surface area contributed by atoms with Gasteiger partial charge in [-0.2, -0.15) is 0 Å². The molecular weight excluding hydrogens is 611 g/mol. The highest BCUT2D eigenvalue weighted by molar-refractivity contribution is 6.10. The molecule has 0 aliphatic rings. The van der Waals surface area contributed by atoms with Crippen LogP contribution in [0, 0.1) is 0 Å². The predicted molar refractivity (Wildman–Crippen MR) is 205 cm³/mol. The van der Waals surface area contributed by atoms with Crippen LogP contribution in [0.15, 0.2) is 189 Å². The topological polar surface area (TPSA) is 46.8 Å². The minimum Gasteiger partial charge on any atom is -0.310 e. The summed E-state index contributed by atoms with van der Waals surface area (Å²) in [4.78, 5) is 16.0. The lowest BCUT2D eigenvalue weighted by Gasteiger charge is -2.25. The van der Waals surface area contributed by atoms with Gasteiger partial charge in [0.1, 0.15) is 0 Å². The Morgan fingerprint density at radius 2 is 0.940 bits per heavy atom. The monoisotopic (exact) mass is 641 g/mol. The van der Waals surface area contributed by atoms with E-state index in [9.17, 15) is 0 Å². The molecule has 9 aromatic rings. The van der Waals surface area contributed by atoms with Crippen LogP contribution in [0.4, 0.5) is 17.1 Å². The number of aromatic nitrogens is 4. The van der Waals surface area contributed by atoms with Gasteiger partial charge in [0.25, 0.3) is 0 Å². The third-order valence-corrected chi connectivity index (χ3v) is 9.20. The number of benzene rings is 6. The molecule has 0 radical (unpaired) electrons. The first-order chi connectivity index (χ1) is 24.8. The second-order valence-electron chi connectivity index (χ2n) is 12.2. The van der Waals surface area contributed by atoms with Crippen molar-refractivity contribution in [3.05, 3.63) is 189 Å². The van der Waals surface area contributed by atoms with Gasteiger partial charge >= 0.3 is 0 Å². The molecule has 0 bridgehead atoms. The summed E-state index contributed by atoms with van der Waals surface area (Å²) >= 11 is 0. The average Bonchev–Trinajstić information content (AvgIpc) is 3.53. The predicted octanol–water partition coefficient (Wildman–Crippen LogP) is 11.4. The largest absolute Gasteiger partial charge is 0.310 e. The molecule has 0 N–H and O–H groups in total. The molecule has 50 heavy (non-hydrogen) atoms. The zero-order valence-electron chi connectivity index (χ0n) is 27.1. The van der Waals surface area contributed by atoms with Crippen molar-refractivity contribution in [3.8, 4) is 39.3 Å². The van der Waals surface area contributed by atoms with Crippen LogP contribution in [-0.2, 0) is 0 Å². The Morgan fingerprint density at radius 1 is 0.400 bits per heavy atom. The third kappa shape index (κ3) is 5.37. The molecule has 0 fully saturated rings. The summed E-state index contributed by atoms with van der Waals surface area (Å²) in [6.07, 6.45) is 7.63. The van der Waals surface area contributed by atoms with Crippen molar-refractivity contribution in [2.75, 3.05) is 4.90 Å². The Hall–Kier alpha value is -6.85. The van der Waals surface area contributed by atoms with Gasteiger partial charge in [-0.3, -0.25) is 4.98 Å². The summed E-state index contributed by atoms with van der Waals surface area (Å²) in [6, 6.07) is 57.3. The van der Waals surface area contributed by atoms with Crippen LogP contribution in [0.3, 0.4) is 0 Å². The normalized spacial score (nSPS) is 11.2. The van der Waals surface area contributed by atoms with Gasteiger partial charge in [0, 0.05) is 69.4 Å². The SMILES string of the molecule is c1ccc(-c2ncc(-c3ccc(-c4ccc(-n5c6ccncc6c6cc(N(c7ccccc7)c7ccccc7)ccc65)cc4)cc3)cn2)cc1. The lowest BCUT2D eigenvalue weighted by molar-refractivity contribution is 1.17. The molecule has 0 saturated heterocycles. The molecule has 0 aliphatic carbocycles. The molecule has 0 spiro atoms. The molecule has 5 heteroatoms. The summed E-state index contributed by atoms with van der Waals surface area (Å²) in [6.45, 7) is 0. The maximum atomic E-state index is 4.60. The molecule has 3 aromatic heterocycles. The number of nitrogens with zero attached hydrogens (tertiary/aromatic N) is 5. The average molecular weight is 642 g/mol. The van der Waals surface area contributed by atoms with Crippen molar-refractivity contribution < 1.29 is 0 Å². The van der Waals surface area contributed by atoms with Crippen molar-refractivity contribution in [3.63, 3.8) is 0 Å². The van der Waals surface area contributed by atoms with E-state index >= 15 is 0 Å². The number of fused-ring (bicyclic) bond motifs is 3. The highest BCUT2D eigenvalue weighted by Crippen LogP contribution is 2.39. The zero-order chi connectivity index (χ0) is 33.3. The molecule has 9 rings (SSSR count). The van der Waals surface area contributed by atoms with Crippen molar-refractivity contribution in [1.29, 1.82) is 0 Å². The Labute approximate surface area is 290 Å². The van der Waals surface area contributed by atoms with E-state index in [0.717, 1.165) is 78.2 Å². The van der Waals surface area contributed by atoms with Gasteiger partial charge in [0.2, 0.25) is 0 Å². The number of rotatable bonds is 7. The van der Waals surface area contributed by atoms with Crippen LogP contribution >= 0.6 is 0 Å². The summed E-state index contributed by atoms with van der Waals surface area (Å²) in [5.41, 5.74) is 12.1. The molecule has 0 amide bonds. The van der Waals surface area contributed by atoms with Crippen LogP contribution in [0.25, 0.3) is 61.1 Å². The van der Waals surface area contributed by atoms with E-state index in [1.165, 1.54) is 0 Å². The lowest BCUT2D eigenvalue weighted by Crippen LogP contribution is -2.09. The smallest absolute Gasteiger partial charge is 0.159 e. The fraction of sp³-hybridized carbons (Fsp3) is 0. The number of pyridine rings is 1. The zero-order valence-corrected chi connectivity index (χ0v) is 27.1. The van der Waals surface area contributed by atoms with Crippen LogP contribution < -0.4 is 4.90 Å². The van der Waals surface area contributed by atoms with E-state index in [1.54, 1.807) is 0 Å². The number of para-hydroxylation sites is 2. The fourth-order valence-corrected chi connectivity index (χ4v) is 6.74. The maximum absolute atomic E-state index is 4.60. The van der Waals surface area contributed by atoms with E-state index in [0.29, 0.717) is 0 Å². The van der Waals surface area contributed by atoms with Crippen molar-refractivity contribution >= 4 is 38.9 Å². The molecule has 5 nitrogen and oxygen atoms in total. The quantitative estimate of drug-likeness (QED) is 0.174. The highest BCUT2D eigenvalue weighted by atomic mass is 15.1. The molecular formula is C45H31N5. The maximum Gasteiger partial charge on any atom is 0.159 e. The first-order valence-electron chi connectivity index (χ1n) is 16.7. The summed E-state index contributed by atoms with van der Waals surface area (Å²) in [5.74, 6) is 0.729. The van der Waals surface area contributed by atoms with Gasteiger partial charge in [0.05, 0.1) is 11.0 Å². The van der Waals surface area contributed by atoms with Gasteiger partial charge in [0.15, 0.2) is 5.82 Å². The van der Waals surface area contributed by atoms with Crippen LogP contribution in [0.2, 0.25) is 0 Å². The Morgan fingerprint density at radius 3 is 1.56 bits per heavy atom. The Bertz CT molecular complexity index is 2500. The van der Waals surface area contributed by atoms with Crippen LogP contribution in [0.5, 0.6) is 0 Å². The Kier molecular flexibility index (Phi) is 7.41. The second kappa shape index (κ2) is 12.6. The third-order valence-electron chi connectivity index (χ3n) is 9.20. The minimum absolute atomic E-state index is 0.729. The molecule has 6 aromatic carbocycles. The van der Waals surface area contributed by atoms with Crippen molar-refractivity contribution in [2.45, 2.75) is 0 Å². The standard InChI is InChI=1S/C45H31N5/c1-4-10-35(11-5-1)45-47-29-36(30-48-45)34-18-16-32(17-19-34)33-20-22-39(23-21-33)50-43-25-24-40(28-41(43)42-31-46-27-26-44(42)50)49(37-12-6-2-7-13-37)38-14-8-3-9-15-38/h1-31H. The second-order valence-corrected chi connectivity index (χ2v) is 12.2.